The Hall–Kier alpha value is -2.58. The number of aromatic amines is 1. The molecule has 0 amide bonds. The minimum Gasteiger partial charge on any atom is -0.494 e. The van der Waals surface area contributed by atoms with Gasteiger partial charge in [0, 0.05) is 0 Å². The van der Waals surface area contributed by atoms with Crippen molar-refractivity contribution in [3.63, 3.8) is 0 Å². The number of aryl methyl sites for hydroxylation is 1. The molecule has 0 aliphatic rings. The molecule has 3 rings (SSSR count). The average molecular weight is 295 g/mol. The fraction of sp³-hybridized carbons (Fsp3) is 0.125. The molecule has 0 aliphatic carbocycles. The molecule has 0 saturated carbocycles. The molecular weight excluding hydrogens is 282 g/mol. The zero-order valence-corrected chi connectivity index (χ0v) is 12.5. The van der Waals surface area contributed by atoms with Crippen LogP contribution in [0.3, 0.4) is 0 Å². The van der Waals surface area contributed by atoms with Crippen molar-refractivity contribution in [2.24, 2.45) is 0 Å². The molecule has 0 atom stereocenters. The van der Waals surface area contributed by atoms with Crippen LogP contribution in [0.2, 0.25) is 0 Å². The van der Waals surface area contributed by atoms with Gasteiger partial charge in [-0.05, 0) is 42.9 Å². The number of methoxy groups -OCH3 is 1. The number of imidazole rings is 1. The number of hydrogen-bond acceptors (Lipinski definition) is 3. The zero-order valence-electron chi connectivity index (χ0n) is 11.7. The maximum Gasteiger partial charge on any atom is 0.182 e. The quantitative estimate of drug-likeness (QED) is 0.730. The number of nitrogens with zero attached hydrogens (tertiary/aromatic N) is 2. The number of benzene rings is 2. The third kappa shape index (κ3) is 2.01. The van der Waals surface area contributed by atoms with E-state index >= 15 is 0 Å². The average Bonchev–Trinajstić information content (AvgIpc) is 2.82. The summed E-state index contributed by atoms with van der Waals surface area (Å²) in [6.07, 6.45) is 0. The van der Waals surface area contributed by atoms with Gasteiger partial charge in [0.05, 0.1) is 23.9 Å². The van der Waals surface area contributed by atoms with Crippen molar-refractivity contribution in [1.82, 2.24) is 9.55 Å². The van der Waals surface area contributed by atoms with Gasteiger partial charge in [-0.15, -0.1) is 0 Å². The Bertz CT molecular complexity index is 931. The third-order valence-corrected chi connectivity index (χ3v) is 3.79. The number of nitrogens with one attached hydrogen (secondary N) is 1. The first-order chi connectivity index (χ1) is 10.2. The van der Waals surface area contributed by atoms with Gasteiger partial charge in [-0.3, -0.25) is 4.57 Å². The first-order valence-electron chi connectivity index (χ1n) is 6.45. The maximum atomic E-state index is 9.43. The van der Waals surface area contributed by atoms with Crippen LogP contribution < -0.4 is 4.74 Å². The smallest absolute Gasteiger partial charge is 0.182 e. The van der Waals surface area contributed by atoms with Crippen LogP contribution in [0.5, 0.6) is 5.75 Å². The van der Waals surface area contributed by atoms with E-state index in [1.807, 2.05) is 47.9 Å². The van der Waals surface area contributed by atoms with Gasteiger partial charge in [-0.2, -0.15) is 5.26 Å². The highest BCUT2D eigenvalue weighted by Gasteiger charge is 2.14. The Kier molecular flexibility index (Phi) is 3.24. The molecular formula is C16H13N3OS. The normalized spacial score (nSPS) is 10.5. The second-order valence-electron chi connectivity index (χ2n) is 4.70. The molecule has 0 radical (unpaired) electrons. The van der Waals surface area contributed by atoms with Gasteiger partial charge >= 0.3 is 0 Å². The van der Waals surface area contributed by atoms with Crippen LogP contribution in [0.4, 0.5) is 0 Å². The van der Waals surface area contributed by atoms with Gasteiger partial charge in [-0.1, -0.05) is 18.2 Å². The summed E-state index contributed by atoms with van der Waals surface area (Å²) >= 11 is 5.44. The summed E-state index contributed by atoms with van der Waals surface area (Å²) in [6, 6.07) is 13.7. The van der Waals surface area contributed by atoms with Crippen molar-refractivity contribution in [1.29, 1.82) is 5.26 Å². The fourth-order valence-corrected chi connectivity index (χ4v) is 2.80. The Morgan fingerprint density at radius 1 is 1.24 bits per heavy atom. The van der Waals surface area contributed by atoms with E-state index in [2.05, 4.69) is 11.1 Å². The van der Waals surface area contributed by atoms with E-state index in [9.17, 15) is 5.26 Å². The number of fused-ring (bicyclic) bond motifs is 1. The Labute approximate surface area is 127 Å². The van der Waals surface area contributed by atoms with Crippen LogP contribution in [0.25, 0.3) is 16.7 Å². The van der Waals surface area contributed by atoms with E-state index in [4.69, 9.17) is 17.0 Å². The van der Waals surface area contributed by atoms with Gasteiger partial charge in [0.2, 0.25) is 0 Å². The number of hydrogen-bond donors (Lipinski definition) is 1. The van der Waals surface area contributed by atoms with E-state index in [0.29, 0.717) is 10.3 Å². The van der Waals surface area contributed by atoms with Crippen molar-refractivity contribution < 1.29 is 4.74 Å². The highest BCUT2D eigenvalue weighted by atomic mass is 32.1. The van der Waals surface area contributed by atoms with Gasteiger partial charge in [-0.25, -0.2) is 0 Å². The Morgan fingerprint density at radius 2 is 2.00 bits per heavy atom. The minimum absolute atomic E-state index is 0.539. The van der Waals surface area contributed by atoms with E-state index in [-0.39, 0.29) is 0 Å². The van der Waals surface area contributed by atoms with E-state index in [1.54, 1.807) is 7.11 Å². The number of aromatic nitrogens is 2. The molecule has 1 N–H and O–H groups in total. The number of rotatable bonds is 2. The van der Waals surface area contributed by atoms with E-state index < -0.39 is 0 Å². The summed E-state index contributed by atoms with van der Waals surface area (Å²) in [5.74, 6) is 0.725. The molecule has 0 bridgehead atoms. The fourth-order valence-electron chi connectivity index (χ4n) is 2.50. The molecule has 4 nitrogen and oxygen atoms in total. The molecule has 0 spiro atoms. The molecule has 1 heterocycles. The number of nitriles is 1. The summed E-state index contributed by atoms with van der Waals surface area (Å²) in [4.78, 5) is 3.16. The predicted octanol–water partition coefficient (Wildman–Crippen LogP) is 3.88. The Balaban J connectivity index is 2.43. The van der Waals surface area contributed by atoms with Crippen molar-refractivity contribution in [2.75, 3.05) is 7.11 Å². The lowest BCUT2D eigenvalue weighted by Gasteiger charge is -2.09. The van der Waals surface area contributed by atoms with Crippen LogP contribution in [0.15, 0.2) is 36.4 Å². The van der Waals surface area contributed by atoms with Gasteiger partial charge in [0.1, 0.15) is 17.3 Å². The van der Waals surface area contributed by atoms with E-state index in [1.165, 1.54) is 0 Å². The lowest BCUT2D eigenvalue weighted by molar-refractivity contribution is 0.419. The molecule has 0 aliphatic heterocycles. The standard InChI is InChI=1S/C16H13N3OS/c1-10-5-3-6-12(11(10)9-17)19-13-7-4-8-14(20-2)15(13)18-16(19)21/h3-8H,1-2H3,(H,18,21). The molecule has 3 aromatic rings. The first-order valence-corrected chi connectivity index (χ1v) is 6.86. The lowest BCUT2D eigenvalue weighted by atomic mass is 10.1. The minimum atomic E-state index is 0.539. The molecule has 5 heteroatoms. The maximum absolute atomic E-state index is 9.43. The van der Waals surface area contributed by atoms with E-state index in [0.717, 1.165) is 28.0 Å². The molecule has 0 saturated heterocycles. The summed E-state index contributed by atoms with van der Waals surface area (Å²) in [5, 5.41) is 9.43. The third-order valence-electron chi connectivity index (χ3n) is 3.50. The Morgan fingerprint density at radius 3 is 2.71 bits per heavy atom. The number of ether oxygens (including phenoxy) is 1. The van der Waals surface area contributed by atoms with Crippen molar-refractivity contribution in [2.45, 2.75) is 6.92 Å². The van der Waals surface area contributed by atoms with Crippen LogP contribution >= 0.6 is 12.2 Å². The predicted molar refractivity (Wildman–Crippen MR) is 84.5 cm³/mol. The van der Waals surface area contributed by atoms with Crippen LogP contribution in [0.1, 0.15) is 11.1 Å². The van der Waals surface area contributed by atoms with Gasteiger partial charge in [0.25, 0.3) is 0 Å². The molecule has 0 fully saturated rings. The molecule has 104 valence electrons. The van der Waals surface area contributed by atoms with Crippen molar-refractivity contribution >= 4 is 23.3 Å². The second-order valence-corrected chi connectivity index (χ2v) is 5.09. The van der Waals surface area contributed by atoms with Crippen LogP contribution in [-0.2, 0) is 0 Å². The second kappa shape index (κ2) is 5.08. The summed E-state index contributed by atoms with van der Waals surface area (Å²) in [7, 11) is 1.62. The van der Waals surface area contributed by atoms with Gasteiger partial charge in [0.15, 0.2) is 4.77 Å². The lowest BCUT2D eigenvalue weighted by Crippen LogP contribution is -1.99. The van der Waals surface area contributed by atoms with Crippen molar-refractivity contribution in [3.05, 3.63) is 52.3 Å². The monoisotopic (exact) mass is 295 g/mol. The molecule has 1 aromatic heterocycles. The summed E-state index contributed by atoms with van der Waals surface area (Å²) in [5.41, 5.74) is 4.05. The topological polar surface area (TPSA) is 53.7 Å². The van der Waals surface area contributed by atoms with Gasteiger partial charge < -0.3 is 9.72 Å². The highest BCUT2D eigenvalue weighted by molar-refractivity contribution is 7.71. The van der Waals surface area contributed by atoms with Crippen LogP contribution in [-0.4, -0.2) is 16.7 Å². The molecule has 2 aromatic carbocycles. The highest BCUT2D eigenvalue weighted by Crippen LogP contribution is 2.28. The summed E-state index contributed by atoms with van der Waals surface area (Å²) < 4.78 is 7.77. The molecule has 21 heavy (non-hydrogen) atoms. The number of H-pyrrole nitrogens is 1. The largest absolute Gasteiger partial charge is 0.494 e. The summed E-state index contributed by atoms with van der Waals surface area (Å²) in [6.45, 7) is 1.92. The molecule has 0 unspecified atom stereocenters. The SMILES string of the molecule is COc1cccc2c1[nH]c(=S)n2-c1cccc(C)c1C#N. The first kappa shape index (κ1) is 13.4. The van der Waals surface area contributed by atoms with Crippen LogP contribution in [0, 0.1) is 23.0 Å². The van der Waals surface area contributed by atoms with Crippen molar-refractivity contribution in [3.8, 4) is 17.5 Å². The number of para-hydroxylation sites is 1. The zero-order chi connectivity index (χ0) is 15.0.